The van der Waals surface area contributed by atoms with Gasteiger partial charge in [0.15, 0.2) is 5.75 Å². The quantitative estimate of drug-likeness (QED) is 0.0568. The predicted octanol–water partition coefficient (Wildman–Crippen LogP) is 8.60. The van der Waals surface area contributed by atoms with Gasteiger partial charge in [0, 0.05) is 18.7 Å². The first-order valence-electron chi connectivity index (χ1n) is 14.4. The van der Waals surface area contributed by atoms with Crippen LogP contribution in [0.3, 0.4) is 0 Å². The summed E-state index contributed by atoms with van der Waals surface area (Å²) in [5.41, 5.74) is 4.90. The fraction of sp³-hybridized carbons (Fsp3) is 0.394. The fourth-order valence-electron chi connectivity index (χ4n) is 4.53. The number of amides is 1. The van der Waals surface area contributed by atoms with Crippen molar-refractivity contribution in [1.29, 1.82) is 0 Å². The highest BCUT2D eigenvalue weighted by Crippen LogP contribution is 2.50. The Morgan fingerprint density at radius 1 is 1.02 bits per heavy atom. The maximum atomic E-state index is 13.9. The van der Waals surface area contributed by atoms with Gasteiger partial charge in [0.2, 0.25) is 0 Å². The lowest BCUT2D eigenvalue weighted by atomic mass is 10.1. The van der Waals surface area contributed by atoms with Crippen molar-refractivity contribution in [3.63, 3.8) is 0 Å². The van der Waals surface area contributed by atoms with Crippen LogP contribution in [0.25, 0.3) is 0 Å². The minimum atomic E-state index is -3.48. The Morgan fingerprint density at radius 3 is 2.40 bits per heavy atom. The Balaban J connectivity index is 1.87. The van der Waals surface area contributed by atoms with Crippen molar-refractivity contribution in [3.8, 4) is 17.2 Å². The van der Waals surface area contributed by atoms with Crippen molar-refractivity contribution >= 4 is 36.8 Å². The predicted molar refractivity (Wildman–Crippen MR) is 174 cm³/mol. The number of phenols is 2. The zero-order chi connectivity index (χ0) is 30.9. The van der Waals surface area contributed by atoms with Crippen molar-refractivity contribution in [2.45, 2.75) is 73.1 Å². The van der Waals surface area contributed by atoms with Crippen molar-refractivity contribution in [2.75, 3.05) is 23.4 Å². The van der Waals surface area contributed by atoms with E-state index in [1.165, 1.54) is 28.2 Å². The number of para-hydroxylation sites is 1. The van der Waals surface area contributed by atoms with E-state index in [1.807, 2.05) is 19.9 Å². The molecule has 1 aliphatic rings. The molecule has 0 saturated heterocycles. The number of allylic oxidation sites excluding steroid dienone is 5. The summed E-state index contributed by atoms with van der Waals surface area (Å²) in [6.45, 7) is 10.9. The Bertz CT molecular complexity index is 1410. The summed E-state index contributed by atoms with van der Waals surface area (Å²) in [5.74, 6) is -0.602. The number of unbranched alkanes of at least 4 members (excludes halogenated alkanes) is 1. The summed E-state index contributed by atoms with van der Waals surface area (Å²) < 4.78 is 11.3. The highest BCUT2D eigenvalue weighted by Gasteiger charge is 2.31. The lowest BCUT2D eigenvalue weighted by Gasteiger charge is -2.22. The van der Waals surface area contributed by atoms with Crippen molar-refractivity contribution in [3.05, 3.63) is 70.8 Å². The molecule has 228 valence electrons. The molecule has 2 aromatic rings. The fourth-order valence-corrected chi connectivity index (χ4v) is 5.46. The number of fused-ring (bicyclic) bond motifs is 2. The molecule has 42 heavy (non-hydrogen) atoms. The summed E-state index contributed by atoms with van der Waals surface area (Å²) in [6, 6.07) is 7.54. The molecule has 8 nitrogen and oxygen atoms in total. The highest BCUT2D eigenvalue weighted by molar-refractivity contribution is 7.59. The smallest absolute Gasteiger partial charge is 0.300 e. The van der Waals surface area contributed by atoms with Gasteiger partial charge in [-0.25, -0.2) is 0 Å². The van der Waals surface area contributed by atoms with Gasteiger partial charge >= 0.3 is 0 Å². The van der Waals surface area contributed by atoms with Gasteiger partial charge in [-0.15, -0.1) is 0 Å². The number of rotatable bonds is 14. The summed E-state index contributed by atoms with van der Waals surface area (Å²) in [4.78, 5) is 26.2. The van der Waals surface area contributed by atoms with Crippen LogP contribution in [0, 0.1) is 0 Å². The average Bonchev–Trinajstić information content (AvgIpc) is 3.02. The number of benzene rings is 2. The number of anilines is 3. The largest absolute Gasteiger partial charge is 0.508 e. The number of nitrogens with zero attached hydrogens (tertiary/aromatic N) is 1. The van der Waals surface area contributed by atoms with Crippen molar-refractivity contribution < 1.29 is 28.9 Å². The molecule has 9 heteroatoms. The number of hydrogen-bond acceptors (Lipinski definition) is 7. The van der Waals surface area contributed by atoms with Crippen molar-refractivity contribution in [1.82, 2.24) is 0 Å². The Hall–Kier alpha value is -3.45. The average molecular weight is 597 g/mol. The van der Waals surface area contributed by atoms with Crippen LogP contribution < -0.4 is 14.7 Å². The van der Waals surface area contributed by atoms with Crippen molar-refractivity contribution in [2.24, 2.45) is 0 Å². The normalized spacial score (nSPS) is 14.8. The molecule has 1 aliphatic heterocycles. The Labute approximate surface area is 250 Å². The second kappa shape index (κ2) is 15.1. The van der Waals surface area contributed by atoms with Crippen LogP contribution in [0.15, 0.2) is 65.3 Å². The second-order valence-corrected chi connectivity index (χ2v) is 12.7. The van der Waals surface area contributed by atoms with Crippen LogP contribution in [0.5, 0.6) is 17.2 Å². The van der Waals surface area contributed by atoms with E-state index < -0.39 is 7.57 Å². The van der Waals surface area contributed by atoms with E-state index in [-0.39, 0.29) is 46.6 Å². The second-order valence-electron chi connectivity index (χ2n) is 11.0. The summed E-state index contributed by atoms with van der Waals surface area (Å²) in [7, 11) is -3.48. The van der Waals surface area contributed by atoms with Gasteiger partial charge < -0.3 is 34.4 Å². The molecule has 0 bridgehead atoms. The standard InChI is InChI=1S/C33H45N2O6P/c1-7-8-20-40-42(6,39)41-30-17-11-16-27-31(30)34-32-28(21-26(36)22-29(32)37)35(33(27)38)19-18-25(5)15-10-14-24(4)13-9-12-23(2)3/h11-12,14,16-18,21-22,34,36-37,39H,6-10,13,15,19-20H2,1-5H3/b24-14+,25-18+. The van der Waals surface area contributed by atoms with E-state index in [4.69, 9.17) is 9.05 Å². The molecule has 4 N–H and O–H groups in total. The molecular weight excluding hydrogens is 551 g/mol. The highest BCUT2D eigenvalue weighted by atomic mass is 31.2. The third kappa shape index (κ3) is 9.28. The van der Waals surface area contributed by atoms with Gasteiger partial charge in [0.25, 0.3) is 13.5 Å². The number of hydrogen-bond donors (Lipinski definition) is 4. The molecule has 0 aliphatic carbocycles. The van der Waals surface area contributed by atoms with E-state index in [1.54, 1.807) is 18.2 Å². The summed E-state index contributed by atoms with van der Waals surface area (Å²) in [5, 5.41) is 24.2. The Kier molecular flexibility index (Phi) is 11.9. The number of nitrogens with one attached hydrogen (secondary N) is 1. The summed E-state index contributed by atoms with van der Waals surface area (Å²) in [6.07, 6.45) is 15.7. The topological polar surface area (TPSA) is 111 Å². The number of phenolic OH excluding ortho intramolecular Hbond substituents is 2. The van der Waals surface area contributed by atoms with E-state index in [2.05, 4.69) is 44.5 Å². The first kappa shape index (κ1) is 33.1. The van der Waals surface area contributed by atoms with Gasteiger partial charge in [-0.3, -0.25) is 4.79 Å². The van der Waals surface area contributed by atoms with Gasteiger partial charge in [-0.05, 0) is 78.2 Å². The molecule has 3 rings (SSSR count). The first-order valence-corrected chi connectivity index (χ1v) is 16.2. The van der Waals surface area contributed by atoms with E-state index >= 15 is 0 Å². The molecule has 0 fully saturated rings. The lowest BCUT2D eigenvalue weighted by molar-refractivity contribution is 0.0990. The molecular formula is C33H45N2O6P. The first-order chi connectivity index (χ1) is 19.9. The molecule has 0 aromatic heterocycles. The van der Waals surface area contributed by atoms with Crippen LogP contribution in [-0.4, -0.2) is 40.5 Å². The lowest BCUT2D eigenvalue weighted by Crippen LogP contribution is -2.30. The van der Waals surface area contributed by atoms with Crippen LogP contribution in [0.4, 0.5) is 17.1 Å². The van der Waals surface area contributed by atoms with Crippen LogP contribution >= 0.6 is 7.57 Å². The van der Waals surface area contributed by atoms with Gasteiger partial charge in [-0.2, -0.15) is 0 Å². The number of carbonyl (C=O) groups is 1. The minimum Gasteiger partial charge on any atom is -0.508 e. The number of carbonyl (C=O) groups excluding carboxylic acids is 1. The van der Waals surface area contributed by atoms with Crippen LogP contribution in [-0.2, 0) is 4.52 Å². The van der Waals surface area contributed by atoms with E-state index in [9.17, 15) is 19.9 Å². The monoisotopic (exact) mass is 596 g/mol. The van der Waals surface area contributed by atoms with E-state index in [0.717, 1.165) is 44.1 Å². The molecule has 0 saturated carbocycles. The molecule has 1 heterocycles. The van der Waals surface area contributed by atoms with Gasteiger partial charge in [0.1, 0.15) is 17.2 Å². The third-order valence-corrected chi connectivity index (χ3v) is 7.97. The summed E-state index contributed by atoms with van der Waals surface area (Å²) >= 11 is 0. The zero-order valence-electron chi connectivity index (χ0n) is 25.4. The van der Waals surface area contributed by atoms with Gasteiger partial charge in [0.05, 0.1) is 23.5 Å². The molecule has 0 spiro atoms. The maximum Gasteiger partial charge on any atom is 0.300 e. The maximum absolute atomic E-state index is 13.9. The molecule has 0 radical (unpaired) electrons. The van der Waals surface area contributed by atoms with Gasteiger partial charge in [-0.1, -0.05) is 54.4 Å². The zero-order valence-corrected chi connectivity index (χ0v) is 26.3. The molecule has 2 aromatic carbocycles. The molecule has 1 amide bonds. The Morgan fingerprint density at radius 2 is 1.71 bits per heavy atom. The van der Waals surface area contributed by atoms with Crippen LogP contribution in [0.1, 0.15) is 83.5 Å². The SMILES string of the molecule is C=P(O)(OCCCC)Oc1cccc2c1Nc1c(O)cc(O)cc1N(C/C=C(\C)CC/C=C(\C)CCC=C(C)C)C2=O. The molecule has 1 atom stereocenters. The van der Waals surface area contributed by atoms with E-state index in [0.29, 0.717) is 12.3 Å². The minimum absolute atomic E-state index is 0.168. The number of aromatic hydroxyl groups is 2. The third-order valence-electron chi connectivity index (χ3n) is 6.90. The van der Waals surface area contributed by atoms with Crippen LogP contribution in [0.2, 0.25) is 0 Å². The molecule has 1 unspecified atom stereocenters.